The largest absolute Gasteiger partial charge is 0.399 e. The zero-order valence-corrected chi connectivity index (χ0v) is 17.7. The van der Waals surface area contributed by atoms with Crippen molar-refractivity contribution in [3.05, 3.63) is 0 Å². The molecule has 0 atom stereocenters. The van der Waals surface area contributed by atoms with Crippen LogP contribution in [-0.4, -0.2) is 21.6 Å². The number of terminal acetylenes is 2. The number of rotatable bonds is 20. The molecule has 0 spiro atoms. The molecule has 0 fully saturated rings. The van der Waals surface area contributed by atoms with Gasteiger partial charge in [0.1, 0.15) is 0 Å². The van der Waals surface area contributed by atoms with E-state index in [4.69, 9.17) is 21.2 Å². The average molecular weight is 399 g/mol. The molecule has 0 aromatic heterocycles. The van der Waals surface area contributed by atoms with Crippen molar-refractivity contribution < 1.29 is 16.8 Å². The van der Waals surface area contributed by atoms with E-state index in [0.29, 0.717) is 0 Å². The van der Waals surface area contributed by atoms with E-state index in [0.717, 1.165) is 77.0 Å². The Morgan fingerprint density at radius 3 is 1.15 bits per heavy atom. The summed E-state index contributed by atoms with van der Waals surface area (Å²) in [6, 6.07) is 0. The van der Waals surface area contributed by atoms with E-state index in [9.17, 15) is 8.42 Å². The van der Waals surface area contributed by atoms with Crippen LogP contribution in [0.3, 0.4) is 0 Å². The molecule has 0 heterocycles. The van der Waals surface area contributed by atoms with Crippen LogP contribution in [0, 0.1) is 24.7 Å². The summed E-state index contributed by atoms with van der Waals surface area (Å²) >= 11 is 0. The van der Waals surface area contributed by atoms with Crippen molar-refractivity contribution in [2.75, 3.05) is 13.2 Å². The fraction of sp³-hybridized carbons (Fsp3) is 0.818. The second-order valence-corrected chi connectivity index (χ2v) is 8.20. The van der Waals surface area contributed by atoms with Crippen molar-refractivity contribution >= 4 is 10.4 Å². The highest BCUT2D eigenvalue weighted by atomic mass is 32.3. The van der Waals surface area contributed by atoms with Crippen LogP contribution < -0.4 is 0 Å². The van der Waals surface area contributed by atoms with Crippen LogP contribution in [0.15, 0.2) is 0 Å². The van der Waals surface area contributed by atoms with Gasteiger partial charge in [-0.05, 0) is 25.7 Å². The van der Waals surface area contributed by atoms with E-state index in [1.54, 1.807) is 0 Å². The maximum absolute atomic E-state index is 11.6. The van der Waals surface area contributed by atoms with Gasteiger partial charge >= 0.3 is 10.4 Å². The molecule has 0 rings (SSSR count). The first kappa shape index (κ1) is 26.0. The van der Waals surface area contributed by atoms with Crippen LogP contribution in [0.5, 0.6) is 0 Å². The van der Waals surface area contributed by atoms with Crippen molar-refractivity contribution in [1.29, 1.82) is 0 Å². The summed E-state index contributed by atoms with van der Waals surface area (Å²) in [6.07, 6.45) is 27.0. The van der Waals surface area contributed by atoms with Gasteiger partial charge in [0.25, 0.3) is 0 Å². The molecule has 27 heavy (non-hydrogen) atoms. The minimum Gasteiger partial charge on any atom is -0.248 e. The smallest absolute Gasteiger partial charge is 0.248 e. The van der Waals surface area contributed by atoms with Crippen LogP contribution in [0.4, 0.5) is 0 Å². The van der Waals surface area contributed by atoms with Gasteiger partial charge in [0.15, 0.2) is 0 Å². The van der Waals surface area contributed by atoms with Crippen LogP contribution in [0.1, 0.15) is 103 Å². The zero-order valence-electron chi connectivity index (χ0n) is 16.9. The van der Waals surface area contributed by atoms with E-state index in [1.807, 2.05) is 0 Å². The predicted molar refractivity (Wildman–Crippen MR) is 112 cm³/mol. The second kappa shape index (κ2) is 19.7. The molecule has 0 unspecified atom stereocenters. The van der Waals surface area contributed by atoms with E-state index in [2.05, 4.69) is 11.8 Å². The van der Waals surface area contributed by atoms with Gasteiger partial charge in [-0.3, -0.25) is 0 Å². The van der Waals surface area contributed by atoms with E-state index < -0.39 is 10.4 Å². The van der Waals surface area contributed by atoms with Gasteiger partial charge < -0.3 is 0 Å². The Bertz CT molecular complexity index is 459. The summed E-state index contributed by atoms with van der Waals surface area (Å²) < 4.78 is 33.0. The predicted octanol–water partition coefficient (Wildman–Crippen LogP) is 5.77. The highest BCUT2D eigenvalue weighted by Gasteiger charge is 2.10. The molecular formula is C22H38O4S. The number of hydrogen-bond acceptors (Lipinski definition) is 4. The Balaban J connectivity index is 3.36. The molecule has 0 aromatic carbocycles. The number of unbranched alkanes of at least 4 members (excludes halogenated alkanes) is 14. The third-order valence-electron chi connectivity index (χ3n) is 4.39. The SMILES string of the molecule is C#CCCCCCCCCCOS(=O)(=O)OCCCCCCCCCC#C. The molecule has 0 N–H and O–H groups in total. The molecule has 0 radical (unpaired) electrons. The average Bonchev–Trinajstić information content (AvgIpc) is 2.64. The van der Waals surface area contributed by atoms with Crippen LogP contribution in [-0.2, 0) is 18.8 Å². The van der Waals surface area contributed by atoms with E-state index in [1.165, 1.54) is 25.7 Å². The van der Waals surface area contributed by atoms with Crippen molar-refractivity contribution in [2.24, 2.45) is 0 Å². The molecule has 0 bridgehead atoms. The molecule has 4 nitrogen and oxygen atoms in total. The van der Waals surface area contributed by atoms with Gasteiger partial charge in [-0.2, -0.15) is 8.42 Å². The molecule has 5 heteroatoms. The molecule has 0 amide bonds. The lowest BCUT2D eigenvalue weighted by atomic mass is 10.1. The number of hydrogen-bond donors (Lipinski definition) is 0. The minimum absolute atomic E-state index is 0.205. The van der Waals surface area contributed by atoms with E-state index in [-0.39, 0.29) is 13.2 Å². The summed E-state index contributed by atoms with van der Waals surface area (Å²) in [7, 11) is -3.83. The van der Waals surface area contributed by atoms with Crippen LogP contribution >= 0.6 is 0 Å². The molecule has 0 aliphatic carbocycles. The fourth-order valence-corrected chi connectivity index (χ4v) is 3.49. The normalized spacial score (nSPS) is 11.2. The molecule has 0 aromatic rings. The van der Waals surface area contributed by atoms with Crippen LogP contribution in [0.2, 0.25) is 0 Å². The standard InChI is InChI=1S/C22H38O4S/c1-3-5-7-9-11-13-15-17-19-21-25-27(23,24)26-22-20-18-16-14-12-10-8-6-4-2/h1-2H,5-22H2. The Kier molecular flexibility index (Phi) is 19.0. The van der Waals surface area contributed by atoms with Crippen LogP contribution in [0.25, 0.3) is 0 Å². The van der Waals surface area contributed by atoms with Crippen molar-refractivity contribution in [2.45, 2.75) is 103 Å². The maximum Gasteiger partial charge on any atom is 0.399 e. The second-order valence-electron chi connectivity index (χ2n) is 6.91. The summed E-state index contributed by atoms with van der Waals surface area (Å²) in [6.45, 7) is 0.411. The topological polar surface area (TPSA) is 52.6 Å². The monoisotopic (exact) mass is 398 g/mol. The maximum atomic E-state index is 11.6. The van der Waals surface area contributed by atoms with Crippen molar-refractivity contribution in [1.82, 2.24) is 0 Å². The lowest BCUT2D eigenvalue weighted by Gasteiger charge is -2.06. The summed E-state index contributed by atoms with van der Waals surface area (Å²) in [5.74, 6) is 5.29. The van der Waals surface area contributed by atoms with Gasteiger partial charge in [0, 0.05) is 12.8 Å². The Hall–Kier alpha value is -1.01. The van der Waals surface area contributed by atoms with Crippen molar-refractivity contribution in [3.8, 4) is 24.7 Å². The quantitative estimate of drug-likeness (QED) is 0.193. The molecule has 0 aliphatic rings. The summed E-state index contributed by atoms with van der Waals surface area (Å²) in [4.78, 5) is 0. The van der Waals surface area contributed by atoms with Gasteiger partial charge in [0.05, 0.1) is 13.2 Å². The highest BCUT2D eigenvalue weighted by molar-refractivity contribution is 7.81. The van der Waals surface area contributed by atoms with E-state index >= 15 is 0 Å². The summed E-state index contributed by atoms with van der Waals surface area (Å²) in [5, 5.41) is 0. The first-order valence-electron chi connectivity index (χ1n) is 10.5. The molecule has 156 valence electrons. The molecular weight excluding hydrogens is 360 g/mol. The van der Waals surface area contributed by atoms with Gasteiger partial charge in [-0.1, -0.05) is 64.2 Å². The van der Waals surface area contributed by atoms with Gasteiger partial charge in [-0.25, -0.2) is 8.37 Å². The first-order valence-corrected chi connectivity index (χ1v) is 11.9. The molecule has 0 aliphatic heterocycles. The van der Waals surface area contributed by atoms with Gasteiger partial charge in [0.2, 0.25) is 0 Å². The Labute approximate surface area is 168 Å². The Morgan fingerprint density at radius 2 is 0.815 bits per heavy atom. The highest BCUT2D eigenvalue weighted by Crippen LogP contribution is 2.11. The first-order chi connectivity index (χ1) is 13.1. The Morgan fingerprint density at radius 1 is 0.519 bits per heavy atom. The molecule has 0 saturated heterocycles. The van der Waals surface area contributed by atoms with Crippen molar-refractivity contribution in [3.63, 3.8) is 0 Å². The fourth-order valence-electron chi connectivity index (χ4n) is 2.78. The van der Waals surface area contributed by atoms with Gasteiger partial charge in [-0.15, -0.1) is 24.7 Å². The molecule has 0 saturated carbocycles. The summed E-state index contributed by atoms with van der Waals surface area (Å²) in [5.41, 5.74) is 0. The zero-order chi connectivity index (χ0) is 20.1. The third kappa shape index (κ3) is 21.2. The lowest BCUT2D eigenvalue weighted by Crippen LogP contribution is -2.12. The minimum atomic E-state index is -3.83. The third-order valence-corrected chi connectivity index (χ3v) is 5.30. The lowest BCUT2D eigenvalue weighted by molar-refractivity contribution is 0.208.